The summed E-state index contributed by atoms with van der Waals surface area (Å²) in [6.07, 6.45) is 3.22. The molecule has 4 nitrogen and oxygen atoms in total. The molecule has 1 aromatic rings. The van der Waals surface area contributed by atoms with Crippen LogP contribution in [0.1, 0.15) is 38.1 Å². The summed E-state index contributed by atoms with van der Waals surface area (Å²) in [6, 6.07) is 0. The number of aromatic amines is 1. The molecule has 0 saturated carbocycles. The SMILES string of the molecule is CCCCc1nc(O)c(CC)c(=O)[nH]1. The van der Waals surface area contributed by atoms with Crippen molar-refractivity contribution in [2.75, 3.05) is 0 Å². The third-order valence-electron chi connectivity index (χ3n) is 2.16. The minimum absolute atomic E-state index is 0.123. The first-order valence-electron chi connectivity index (χ1n) is 5.00. The molecule has 0 aliphatic carbocycles. The molecule has 1 heterocycles. The molecule has 0 aliphatic heterocycles. The second-order valence-corrected chi connectivity index (χ2v) is 3.27. The number of unbranched alkanes of at least 4 members (excludes halogenated alkanes) is 1. The van der Waals surface area contributed by atoms with Gasteiger partial charge in [-0.3, -0.25) is 4.79 Å². The topological polar surface area (TPSA) is 66.0 Å². The van der Waals surface area contributed by atoms with Crippen LogP contribution >= 0.6 is 0 Å². The maximum atomic E-state index is 11.4. The zero-order valence-corrected chi connectivity index (χ0v) is 8.63. The Labute approximate surface area is 83.0 Å². The second-order valence-electron chi connectivity index (χ2n) is 3.27. The van der Waals surface area contributed by atoms with Gasteiger partial charge in [-0.15, -0.1) is 0 Å². The van der Waals surface area contributed by atoms with Gasteiger partial charge in [0.15, 0.2) is 0 Å². The predicted octanol–water partition coefficient (Wildman–Crippen LogP) is 1.38. The van der Waals surface area contributed by atoms with Gasteiger partial charge in [-0.2, -0.15) is 0 Å². The van der Waals surface area contributed by atoms with Crippen molar-refractivity contribution in [1.29, 1.82) is 0 Å². The minimum Gasteiger partial charge on any atom is -0.493 e. The average Bonchev–Trinajstić information content (AvgIpc) is 2.14. The van der Waals surface area contributed by atoms with Gasteiger partial charge >= 0.3 is 0 Å². The molecule has 0 bridgehead atoms. The van der Waals surface area contributed by atoms with Gasteiger partial charge in [-0.05, 0) is 12.8 Å². The van der Waals surface area contributed by atoms with Crippen LogP contribution in [0.4, 0.5) is 0 Å². The standard InChI is InChI=1S/C10H16N2O2/c1-3-5-6-8-11-9(13)7(4-2)10(14)12-8/h3-6H2,1-2H3,(H2,11,12,13,14). The molecule has 14 heavy (non-hydrogen) atoms. The highest BCUT2D eigenvalue weighted by molar-refractivity contribution is 5.22. The van der Waals surface area contributed by atoms with E-state index in [2.05, 4.69) is 16.9 Å². The van der Waals surface area contributed by atoms with Gasteiger partial charge in [-0.1, -0.05) is 20.3 Å². The van der Waals surface area contributed by atoms with Crippen LogP contribution in [0.5, 0.6) is 5.88 Å². The van der Waals surface area contributed by atoms with Crippen molar-refractivity contribution >= 4 is 0 Å². The van der Waals surface area contributed by atoms with Crippen molar-refractivity contribution in [1.82, 2.24) is 9.97 Å². The number of rotatable bonds is 4. The van der Waals surface area contributed by atoms with Crippen molar-refractivity contribution in [3.05, 3.63) is 21.7 Å². The number of H-pyrrole nitrogens is 1. The molecule has 2 N–H and O–H groups in total. The van der Waals surface area contributed by atoms with Crippen molar-refractivity contribution in [3.63, 3.8) is 0 Å². The molecule has 1 aromatic heterocycles. The number of aromatic hydroxyl groups is 1. The zero-order chi connectivity index (χ0) is 10.6. The quantitative estimate of drug-likeness (QED) is 0.764. The van der Waals surface area contributed by atoms with Crippen LogP contribution in [-0.4, -0.2) is 15.1 Å². The normalized spacial score (nSPS) is 10.4. The molecule has 0 fully saturated rings. The third-order valence-corrected chi connectivity index (χ3v) is 2.16. The number of hydrogen-bond acceptors (Lipinski definition) is 3. The maximum absolute atomic E-state index is 11.4. The Hall–Kier alpha value is -1.32. The largest absolute Gasteiger partial charge is 0.493 e. The summed E-state index contributed by atoms with van der Waals surface area (Å²) in [4.78, 5) is 18.0. The number of aryl methyl sites for hydroxylation is 1. The summed E-state index contributed by atoms with van der Waals surface area (Å²) in [5.41, 5.74) is 0.149. The fourth-order valence-corrected chi connectivity index (χ4v) is 1.31. The summed E-state index contributed by atoms with van der Waals surface area (Å²) in [5, 5.41) is 9.44. The summed E-state index contributed by atoms with van der Waals surface area (Å²) < 4.78 is 0. The molecule has 1 rings (SSSR count). The fourth-order valence-electron chi connectivity index (χ4n) is 1.31. The van der Waals surface area contributed by atoms with E-state index in [-0.39, 0.29) is 11.4 Å². The molecule has 78 valence electrons. The van der Waals surface area contributed by atoms with Gasteiger partial charge in [0.1, 0.15) is 5.82 Å². The van der Waals surface area contributed by atoms with E-state index in [0.29, 0.717) is 24.2 Å². The van der Waals surface area contributed by atoms with Gasteiger partial charge < -0.3 is 10.1 Å². The van der Waals surface area contributed by atoms with Crippen LogP contribution in [0.25, 0.3) is 0 Å². The van der Waals surface area contributed by atoms with E-state index in [9.17, 15) is 9.90 Å². The number of nitrogens with one attached hydrogen (secondary N) is 1. The molecule has 0 aromatic carbocycles. The van der Waals surface area contributed by atoms with Gasteiger partial charge in [0, 0.05) is 6.42 Å². The fraction of sp³-hybridized carbons (Fsp3) is 0.600. The maximum Gasteiger partial charge on any atom is 0.257 e. The van der Waals surface area contributed by atoms with Crippen molar-refractivity contribution < 1.29 is 5.11 Å². The lowest BCUT2D eigenvalue weighted by molar-refractivity contribution is 0.439. The third kappa shape index (κ3) is 2.34. The Bertz CT molecular complexity index is 358. The van der Waals surface area contributed by atoms with Crippen LogP contribution in [0, 0.1) is 0 Å². The molecule has 0 spiro atoms. The Morgan fingerprint density at radius 1 is 1.43 bits per heavy atom. The first-order valence-corrected chi connectivity index (χ1v) is 5.00. The Morgan fingerprint density at radius 3 is 2.64 bits per heavy atom. The van der Waals surface area contributed by atoms with Crippen LogP contribution in [0.3, 0.4) is 0 Å². The molecule has 4 heteroatoms. The first kappa shape index (κ1) is 10.8. The highest BCUT2D eigenvalue weighted by Gasteiger charge is 2.07. The smallest absolute Gasteiger partial charge is 0.257 e. The van der Waals surface area contributed by atoms with Crippen molar-refractivity contribution in [2.24, 2.45) is 0 Å². The number of nitrogens with zero attached hydrogens (tertiary/aromatic N) is 1. The van der Waals surface area contributed by atoms with Gasteiger partial charge in [-0.25, -0.2) is 4.98 Å². The predicted molar refractivity (Wildman–Crippen MR) is 54.5 cm³/mol. The molecule has 0 saturated heterocycles. The van der Waals surface area contributed by atoms with E-state index >= 15 is 0 Å². The van der Waals surface area contributed by atoms with Crippen molar-refractivity contribution in [2.45, 2.75) is 39.5 Å². The number of aromatic nitrogens is 2. The Morgan fingerprint density at radius 2 is 2.14 bits per heavy atom. The zero-order valence-electron chi connectivity index (χ0n) is 8.63. The molecule has 0 unspecified atom stereocenters. The van der Waals surface area contributed by atoms with E-state index in [4.69, 9.17) is 0 Å². The van der Waals surface area contributed by atoms with E-state index in [0.717, 1.165) is 12.8 Å². The monoisotopic (exact) mass is 196 g/mol. The van der Waals surface area contributed by atoms with Crippen LogP contribution in [0.2, 0.25) is 0 Å². The van der Waals surface area contributed by atoms with E-state index < -0.39 is 0 Å². The van der Waals surface area contributed by atoms with Gasteiger partial charge in [0.2, 0.25) is 5.88 Å². The Kier molecular flexibility index (Phi) is 3.68. The van der Waals surface area contributed by atoms with Crippen LogP contribution in [0.15, 0.2) is 4.79 Å². The van der Waals surface area contributed by atoms with Crippen molar-refractivity contribution in [3.8, 4) is 5.88 Å². The second kappa shape index (κ2) is 4.79. The lowest BCUT2D eigenvalue weighted by Gasteiger charge is -2.03. The van der Waals surface area contributed by atoms with Gasteiger partial charge in [0.25, 0.3) is 5.56 Å². The van der Waals surface area contributed by atoms with Gasteiger partial charge in [0.05, 0.1) is 5.56 Å². The summed E-state index contributed by atoms with van der Waals surface area (Å²) in [7, 11) is 0. The minimum atomic E-state index is -0.217. The molecular weight excluding hydrogens is 180 g/mol. The molecule has 0 radical (unpaired) electrons. The van der Waals surface area contributed by atoms with E-state index in [1.54, 1.807) is 0 Å². The van der Waals surface area contributed by atoms with Crippen LogP contribution < -0.4 is 5.56 Å². The Balaban J connectivity index is 2.96. The highest BCUT2D eigenvalue weighted by atomic mass is 16.3. The summed E-state index contributed by atoms with van der Waals surface area (Å²) in [5.74, 6) is 0.453. The average molecular weight is 196 g/mol. The van der Waals surface area contributed by atoms with Crippen LogP contribution in [-0.2, 0) is 12.8 Å². The molecule has 0 aliphatic rings. The van der Waals surface area contributed by atoms with E-state index in [1.165, 1.54) is 0 Å². The molecule has 0 atom stereocenters. The summed E-state index contributed by atoms with van der Waals surface area (Å²) in [6.45, 7) is 3.88. The molecular formula is C10H16N2O2. The molecule has 0 amide bonds. The first-order chi connectivity index (χ1) is 6.69. The summed E-state index contributed by atoms with van der Waals surface area (Å²) >= 11 is 0. The lowest BCUT2D eigenvalue weighted by Crippen LogP contribution is -2.16. The van der Waals surface area contributed by atoms with E-state index in [1.807, 2.05) is 6.92 Å². The number of hydrogen-bond donors (Lipinski definition) is 2. The lowest BCUT2D eigenvalue weighted by atomic mass is 10.2. The highest BCUT2D eigenvalue weighted by Crippen LogP contribution is 2.09.